The molecule has 1 aromatic carbocycles. The molecule has 1 heterocycles. The zero-order chi connectivity index (χ0) is 32.0. The number of nitrogens with one attached hydrogen (secondary N) is 4. The van der Waals surface area contributed by atoms with Crippen molar-refractivity contribution in [3.8, 4) is 0 Å². The summed E-state index contributed by atoms with van der Waals surface area (Å²) in [4.78, 5) is 51.9. The number of hydrogen-bond acceptors (Lipinski definition) is 5. The van der Waals surface area contributed by atoms with Crippen molar-refractivity contribution < 1.29 is 32.3 Å². The number of anilines is 1. The molecule has 4 aliphatic rings. The second kappa shape index (κ2) is 12.1. The second-order valence-electron chi connectivity index (χ2n) is 13.2. The van der Waals surface area contributed by atoms with Gasteiger partial charge in [-0.05, 0) is 112 Å². The number of carbonyl (C=O) groups excluding carboxylic acids is 4. The van der Waals surface area contributed by atoms with Gasteiger partial charge in [0.15, 0.2) is 0 Å². The number of aromatic nitrogens is 2. The maximum absolute atomic E-state index is 13.8. The Morgan fingerprint density at radius 2 is 1.60 bits per heavy atom. The molecule has 0 bridgehead atoms. The van der Waals surface area contributed by atoms with E-state index in [-0.39, 0.29) is 23.8 Å². The van der Waals surface area contributed by atoms with Crippen LogP contribution in [-0.2, 0) is 20.8 Å². The molecule has 10 nitrogen and oxygen atoms in total. The molecule has 0 spiro atoms. The summed E-state index contributed by atoms with van der Waals surface area (Å²) >= 11 is 0. The summed E-state index contributed by atoms with van der Waals surface area (Å²) in [5.41, 5.74) is 2.36. The number of aryl methyl sites for hydroxylation is 1. The summed E-state index contributed by atoms with van der Waals surface area (Å²) in [5, 5.41) is 14.6. The highest BCUT2D eigenvalue weighted by atomic mass is 19.4. The van der Waals surface area contributed by atoms with Crippen LogP contribution >= 0.6 is 0 Å². The number of hydrogen-bond donors (Lipinski definition) is 4. The molecule has 0 saturated heterocycles. The van der Waals surface area contributed by atoms with Gasteiger partial charge in [0.2, 0.25) is 17.9 Å². The first-order valence-corrected chi connectivity index (χ1v) is 15.9. The Kier molecular flexibility index (Phi) is 8.38. The van der Waals surface area contributed by atoms with E-state index < -0.39 is 42.0 Å². The third-order valence-electron chi connectivity index (χ3n) is 9.31. The van der Waals surface area contributed by atoms with Crippen molar-refractivity contribution in [2.75, 3.05) is 5.32 Å². The summed E-state index contributed by atoms with van der Waals surface area (Å²) in [7, 11) is 0. The number of fused-ring (bicyclic) bond motifs is 1. The van der Waals surface area contributed by atoms with Gasteiger partial charge in [0.05, 0.1) is 6.04 Å². The molecule has 1 aromatic heterocycles. The Labute approximate surface area is 259 Å². The van der Waals surface area contributed by atoms with Gasteiger partial charge in [-0.15, -0.1) is 0 Å². The highest BCUT2D eigenvalue weighted by Gasteiger charge is 2.49. The number of amides is 4. The van der Waals surface area contributed by atoms with Crippen LogP contribution in [0.3, 0.4) is 0 Å². The lowest BCUT2D eigenvalue weighted by atomic mass is 9.88. The van der Waals surface area contributed by atoms with Crippen LogP contribution in [0.15, 0.2) is 30.5 Å². The van der Waals surface area contributed by atoms with E-state index in [1.165, 1.54) is 0 Å². The van der Waals surface area contributed by atoms with Crippen LogP contribution in [0.5, 0.6) is 0 Å². The molecule has 6 rings (SSSR count). The largest absolute Gasteiger partial charge is 0.417 e. The molecule has 4 aliphatic carbocycles. The quantitative estimate of drug-likeness (QED) is 0.280. The van der Waals surface area contributed by atoms with E-state index in [1.54, 1.807) is 35.1 Å². The normalized spacial score (nSPS) is 20.8. The van der Waals surface area contributed by atoms with Gasteiger partial charge in [-0.3, -0.25) is 23.9 Å². The van der Waals surface area contributed by atoms with Crippen molar-refractivity contribution in [2.24, 2.45) is 23.7 Å². The van der Waals surface area contributed by atoms with Gasteiger partial charge in [-0.2, -0.15) is 18.3 Å². The summed E-state index contributed by atoms with van der Waals surface area (Å²) in [5.74, 6) is -2.41. The molecule has 3 saturated carbocycles. The van der Waals surface area contributed by atoms with Gasteiger partial charge in [0, 0.05) is 23.8 Å². The van der Waals surface area contributed by atoms with E-state index in [4.69, 9.17) is 0 Å². The maximum atomic E-state index is 13.8. The van der Waals surface area contributed by atoms with Crippen LogP contribution in [0.4, 0.5) is 18.9 Å². The maximum Gasteiger partial charge on any atom is 0.417 e. The number of nitrogens with zero attached hydrogens (tertiary/aromatic N) is 2. The Morgan fingerprint density at radius 1 is 0.911 bits per heavy atom. The van der Waals surface area contributed by atoms with E-state index in [0.717, 1.165) is 31.2 Å². The monoisotopic (exact) mass is 628 g/mol. The minimum atomic E-state index is -4.93. The van der Waals surface area contributed by atoms with Gasteiger partial charge < -0.3 is 21.3 Å². The van der Waals surface area contributed by atoms with Crippen LogP contribution in [0, 0.1) is 23.7 Å². The highest BCUT2D eigenvalue weighted by Crippen LogP contribution is 2.51. The molecule has 45 heavy (non-hydrogen) atoms. The van der Waals surface area contributed by atoms with Crippen molar-refractivity contribution in [1.82, 2.24) is 25.7 Å². The van der Waals surface area contributed by atoms with Crippen LogP contribution in [0.2, 0.25) is 0 Å². The zero-order valence-corrected chi connectivity index (χ0v) is 25.3. The molecule has 1 unspecified atom stereocenters. The number of carbonyl (C=O) groups is 4. The van der Waals surface area contributed by atoms with E-state index in [2.05, 4.69) is 21.0 Å². The Morgan fingerprint density at radius 3 is 2.20 bits per heavy atom. The second-order valence-corrected chi connectivity index (χ2v) is 13.2. The lowest BCUT2D eigenvalue weighted by Gasteiger charge is -2.28. The Balaban J connectivity index is 1.15. The number of rotatable bonds is 12. The van der Waals surface area contributed by atoms with Crippen molar-refractivity contribution in [2.45, 2.75) is 95.6 Å². The fourth-order valence-corrected chi connectivity index (χ4v) is 6.57. The minimum Gasteiger partial charge on any atom is -0.347 e. The van der Waals surface area contributed by atoms with Gasteiger partial charge in [-0.25, -0.2) is 0 Å². The van der Waals surface area contributed by atoms with Crippen LogP contribution in [0.1, 0.15) is 92.5 Å². The van der Waals surface area contributed by atoms with Gasteiger partial charge in [0.25, 0.3) is 11.8 Å². The first-order valence-electron chi connectivity index (χ1n) is 15.9. The van der Waals surface area contributed by atoms with Crippen LogP contribution < -0.4 is 21.3 Å². The molecule has 13 heteroatoms. The summed E-state index contributed by atoms with van der Waals surface area (Å²) in [6.07, 6.45) is 2.64. The first-order chi connectivity index (χ1) is 21.4. The number of halogens is 3. The van der Waals surface area contributed by atoms with Crippen molar-refractivity contribution >= 4 is 29.3 Å². The fraction of sp³-hybridized carbons (Fsp3) is 0.594. The lowest BCUT2D eigenvalue weighted by Crippen LogP contribution is -2.55. The predicted octanol–water partition coefficient (Wildman–Crippen LogP) is 4.20. The van der Waals surface area contributed by atoms with E-state index in [9.17, 15) is 32.3 Å². The molecule has 0 radical (unpaired) electrons. The van der Waals surface area contributed by atoms with E-state index in [0.29, 0.717) is 54.5 Å². The SMILES string of the molecule is CC(C)n1nccc1C(=O)N[C@H](C(=O)Nc1ccc2c(c1)CC[C@H]2NC(=O)C(NC(=O)C1CC1)C(F)(F)F)C(C1CC1)C1CC1. The van der Waals surface area contributed by atoms with Gasteiger partial charge >= 0.3 is 6.18 Å². The third kappa shape index (κ3) is 7.01. The summed E-state index contributed by atoms with van der Waals surface area (Å²) in [6.45, 7) is 3.85. The zero-order valence-electron chi connectivity index (χ0n) is 25.3. The Bertz CT molecular complexity index is 1470. The average Bonchev–Trinajstić information content (AvgIpc) is 3.88. The Hall–Kier alpha value is -3.90. The smallest absolute Gasteiger partial charge is 0.347 e. The predicted molar refractivity (Wildman–Crippen MR) is 158 cm³/mol. The van der Waals surface area contributed by atoms with E-state index >= 15 is 0 Å². The van der Waals surface area contributed by atoms with Crippen molar-refractivity contribution in [3.05, 3.63) is 47.3 Å². The minimum absolute atomic E-state index is 0.0281. The third-order valence-corrected chi connectivity index (χ3v) is 9.31. The van der Waals surface area contributed by atoms with Crippen LogP contribution in [-0.4, -0.2) is 51.7 Å². The molecule has 4 amide bonds. The average molecular weight is 629 g/mol. The molecule has 3 atom stereocenters. The fourth-order valence-electron chi connectivity index (χ4n) is 6.57. The highest BCUT2D eigenvalue weighted by molar-refractivity contribution is 6.01. The molecular formula is C32H39F3N6O4. The summed E-state index contributed by atoms with van der Waals surface area (Å²) < 4.78 is 42.6. The summed E-state index contributed by atoms with van der Waals surface area (Å²) in [6, 6.07) is 2.72. The molecule has 2 aromatic rings. The van der Waals surface area contributed by atoms with Crippen molar-refractivity contribution in [3.63, 3.8) is 0 Å². The molecule has 4 N–H and O–H groups in total. The first kappa shape index (κ1) is 31.1. The topological polar surface area (TPSA) is 134 Å². The molecular weight excluding hydrogens is 589 g/mol. The van der Waals surface area contributed by atoms with Gasteiger partial charge in [-0.1, -0.05) is 6.07 Å². The molecule has 0 aliphatic heterocycles. The molecule has 242 valence electrons. The standard InChI is InChI=1S/C32H39F3N6O4/c1-16(2)41-24(13-14-36-41)29(43)39-26(25(17-3-4-17)18-5-6-18)30(44)37-21-10-11-22-20(15-21)9-12-23(22)38-31(45)27(32(33,34)35)40-28(42)19-7-8-19/h10-11,13-19,23,25-27H,3-9,12H2,1-2H3,(H,37,44)(H,38,45)(H,39,43)(H,40,42)/t23-,26+,27?/m1/s1. The lowest BCUT2D eigenvalue weighted by molar-refractivity contribution is -0.172. The molecule has 3 fully saturated rings. The van der Waals surface area contributed by atoms with Crippen molar-refractivity contribution in [1.29, 1.82) is 0 Å². The van der Waals surface area contributed by atoms with E-state index in [1.807, 2.05) is 19.2 Å². The number of alkyl halides is 3. The number of benzene rings is 1. The van der Waals surface area contributed by atoms with Crippen LogP contribution in [0.25, 0.3) is 0 Å². The van der Waals surface area contributed by atoms with Gasteiger partial charge in [0.1, 0.15) is 11.7 Å².